The Morgan fingerprint density at radius 3 is 2.50 bits per heavy atom. The number of piperidine rings is 1. The summed E-state index contributed by atoms with van der Waals surface area (Å²) in [5.74, 6) is 1.94. The van der Waals surface area contributed by atoms with E-state index in [1.165, 1.54) is 0 Å². The molecule has 1 heterocycles. The number of hydrogen-bond acceptors (Lipinski definition) is 2. The molecule has 106 valence electrons. The number of rotatable bonds is 5. The zero-order valence-electron chi connectivity index (χ0n) is 11.7. The predicted octanol–water partition coefficient (Wildman–Crippen LogP) is 2.52. The van der Waals surface area contributed by atoms with E-state index in [1.807, 2.05) is 30.3 Å². The van der Waals surface area contributed by atoms with Crippen molar-refractivity contribution in [1.29, 1.82) is 0 Å². The zero-order valence-corrected chi connectivity index (χ0v) is 11.7. The molecular weight excluding hydrogens is 250 g/mol. The smallest absolute Gasteiger partial charge is 0.314 e. The number of unbranched alkanes of at least 4 members (excludes halogenated alkanes) is 1. The molecule has 3 nitrogen and oxygen atoms in total. The van der Waals surface area contributed by atoms with Crippen LogP contribution >= 0.6 is 0 Å². The van der Waals surface area contributed by atoms with Crippen LogP contribution in [0.25, 0.3) is 0 Å². The van der Waals surface area contributed by atoms with Crippen molar-refractivity contribution in [3.8, 4) is 12.3 Å². The average molecular weight is 271 g/mol. The van der Waals surface area contributed by atoms with Gasteiger partial charge in [0.15, 0.2) is 0 Å². The van der Waals surface area contributed by atoms with E-state index in [0.717, 1.165) is 38.0 Å². The summed E-state index contributed by atoms with van der Waals surface area (Å²) >= 11 is 0. The number of carboxylic acid groups (broad SMARTS) is 1. The number of likely N-dealkylation sites (tertiary alicyclic amines) is 1. The predicted molar refractivity (Wildman–Crippen MR) is 79.5 cm³/mol. The van der Waals surface area contributed by atoms with E-state index >= 15 is 0 Å². The van der Waals surface area contributed by atoms with Crippen molar-refractivity contribution in [3.05, 3.63) is 35.9 Å². The van der Waals surface area contributed by atoms with Crippen LogP contribution in [-0.4, -0.2) is 35.6 Å². The van der Waals surface area contributed by atoms with Gasteiger partial charge in [-0.1, -0.05) is 30.3 Å². The van der Waals surface area contributed by atoms with E-state index in [0.29, 0.717) is 12.8 Å². The fourth-order valence-corrected chi connectivity index (χ4v) is 2.95. The molecule has 0 unspecified atom stereocenters. The van der Waals surface area contributed by atoms with Gasteiger partial charge in [0.05, 0.1) is 5.41 Å². The maximum Gasteiger partial charge on any atom is 0.314 e. The lowest BCUT2D eigenvalue weighted by Crippen LogP contribution is -2.47. The Labute approximate surface area is 120 Å². The van der Waals surface area contributed by atoms with Crippen LogP contribution in [0.15, 0.2) is 30.3 Å². The third-order valence-electron chi connectivity index (χ3n) is 4.24. The lowest BCUT2D eigenvalue weighted by molar-refractivity contribution is -0.146. The molecular formula is C17H21NO2. The van der Waals surface area contributed by atoms with Crippen LogP contribution in [0.5, 0.6) is 0 Å². The lowest BCUT2D eigenvalue weighted by Gasteiger charge is -2.39. The molecule has 0 saturated carbocycles. The maximum absolute atomic E-state index is 11.8. The Hall–Kier alpha value is -1.79. The number of nitrogens with zero attached hydrogens (tertiary/aromatic N) is 1. The number of aliphatic carboxylic acids is 1. The minimum Gasteiger partial charge on any atom is -0.481 e. The fraction of sp³-hybridized carbons (Fsp3) is 0.471. The molecule has 1 aromatic carbocycles. The third kappa shape index (κ3) is 3.02. The standard InChI is InChI=1S/C17H21NO2/c1-2-3-7-12-18-13-10-17(11-14-18,16(19)20)15-8-5-4-6-9-15/h1,4-6,8-9H,3,7,10-14H2,(H,19,20). The molecule has 1 aliphatic rings. The molecule has 1 fully saturated rings. The summed E-state index contributed by atoms with van der Waals surface area (Å²) in [6.07, 6.45) is 8.37. The highest BCUT2D eigenvalue weighted by atomic mass is 16.4. The topological polar surface area (TPSA) is 40.5 Å². The van der Waals surface area contributed by atoms with Crippen molar-refractivity contribution in [2.75, 3.05) is 19.6 Å². The Balaban J connectivity index is 2.04. The van der Waals surface area contributed by atoms with E-state index in [9.17, 15) is 9.90 Å². The second-order valence-electron chi connectivity index (χ2n) is 5.40. The third-order valence-corrected chi connectivity index (χ3v) is 4.24. The van der Waals surface area contributed by atoms with Crippen LogP contribution in [0.2, 0.25) is 0 Å². The van der Waals surface area contributed by atoms with E-state index in [2.05, 4.69) is 10.8 Å². The van der Waals surface area contributed by atoms with Crippen molar-refractivity contribution in [2.45, 2.75) is 31.1 Å². The van der Waals surface area contributed by atoms with Crippen LogP contribution in [0.4, 0.5) is 0 Å². The molecule has 0 amide bonds. The van der Waals surface area contributed by atoms with Gasteiger partial charge in [-0.15, -0.1) is 12.3 Å². The highest BCUT2D eigenvalue weighted by molar-refractivity contribution is 5.81. The summed E-state index contributed by atoms with van der Waals surface area (Å²) < 4.78 is 0. The Morgan fingerprint density at radius 1 is 1.30 bits per heavy atom. The molecule has 0 bridgehead atoms. The van der Waals surface area contributed by atoms with Crippen LogP contribution in [0, 0.1) is 12.3 Å². The van der Waals surface area contributed by atoms with Crippen molar-refractivity contribution >= 4 is 5.97 Å². The largest absolute Gasteiger partial charge is 0.481 e. The van der Waals surface area contributed by atoms with Gasteiger partial charge in [-0.2, -0.15) is 0 Å². The Morgan fingerprint density at radius 2 is 1.95 bits per heavy atom. The second kappa shape index (κ2) is 6.58. The average Bonchev–Trinajstić information content (AvgIpc) is 2.49. The molecule has 0 aliphatic carbocycles. The molecule has 1 saturated heterocycles. The minimum atomic E-state index is -0.718. The van der Waals surface area contributed by atoms with Gasteiger partial charge in [-0.05, 0) is 44.5 Å². The monoisotopic (exact) mass is 271 g/mol. The van der Waals surface area contributed by atoms with Crippen LogP contribution in [0.1, 0.15) is 31.2 Å². The molecule has 0 aromatic heterocycles. The first kappa shape index (κ1) is 14.6. The summed E-state index contributed by atoms with van der Waals surface area (Å²) in [6, 6.07) is 9.62. The normalized spacial score (nSPS) is 18.4. The quantitative estimate of drug-likeness (QED) is 0.661. The van der Waals surface area contributed by atoms with E-state index < -0.39 is 11.4 Å². The molecule has 0 spiro atoms. The summed E-state index contributed by atoms with van der Waals surface area (Å²) in [7, 11) is 0. The first-order chi connectivity index (χ1) is 9.69. The van der Waals surface area contributed by atoms with Crippen molar-refractivity contribution in [3.63, 3.8) is 0 Å². The molecule has 2 rings (SSSR count). The molecule has 1 aliphatic heterocycles. The summed E-state index contributed by atoms with van der Waals surface area (Å²) in [5.41, 5.74) is 0.208. The summed E-state index contributed by atoms with van der Waals surface area (Å²) in [5, 5.41) is 9.70. The highest BCUT2D eigenvalue weighted by Crippen LogP contribution is 2.35. The highest BCUT2D eigenvalue weighted by Gasteiger charge is 2.42. The van der Waals surface area contributed by atoms with Crippen LogP contribution in [0.3, 0.4) is 0 Å². The van der Waals surface area contributed by atoms with Gasteiger partial charge in [0.25, 0.3) is 0 Å². The first-order valence-corrected chi connectivity index (χ1v) is 7.14. The SMILES string of the molecule is C#CCCCN1CCC(C(=O)O)(c2ccccc2)CC1. The molecule has 20 heavy (non-hydrogen) atoms. The minimum absolute atomic E-state index is 0.669. The van der Waals surface area contributed by atoms with E-state index in [4.69, 9.17) is 6.42 Å². The van der Waals surface area contributed by atoms with E-state index in [1.54, 1.807) is 0 Å². The number of carboxylic acids is 1. The van der Waals surface area contributed by atoms with Crippen LogP contribution in [-0.2, 0) is 10.2 Å². The number of benzene rings is 1. The second-order valence-corrected chi connectivity index (χ2v) is 5.40. The maximum atomic E-state index is 11.8. The molecule has 0 atom stereocenters. The zero-order chi connectivity index (χ0) is 14.4. The Kier molecular flexibility index (Phi) is 4.81. The molecule has 1 N–H and O–H groups in total. The van der Waals surface area contributed by atoms with Crippen molar-refractivity contribution in [1.82, 2.24) is 4.90 Å². The van der Waals surface area contributed by atoms with Gasteiger partial charge in [0.1, 0.15) is 0 Å². The summed E-state index contributed by atoms with van der Waals surface area (Å²) in [6.45, 7) is 2.62. The Bertz CT molecular complexity index is 481. The van der Waals surface area contributed by atoms with Gasteiger partial charge in [-0.25, -0.2) is 0 Å². The van der Waals surface area contributed by atoms with Gasteiger partial charge < -0.3 is 10.0 Å². The summed E-state index contributed by atoms with van der Waals surface area (Å²) in [4.78, 5) is 14.1. The number of hydrogen-bond donors (Lipinski definition) is 1. The van der Waals surface area contributed by atoms with Gasteiger partial charge in [0, 0.05) is 6.42 Å². The fourth-order valence-electron chi connectivity index (χ4n) is 2.95. The van der Waals surface area contributed by atoms with Crippen molar-refractivity contribution < 1.29 is 9.90 Å². The van der Waals surface area contributed by atoms with Gasteiger partial charge >= 0.3 is 5.97 Å². The number of carbonyl (C=O) groups is 1. The van der Waals surface area contributed by atoms with Gasteiger partial charge in [-0.3, -0.25) is 4.79 Å². The first-order valence-electron chi connectivity index (χ1n) is 7.14. The molecule has 1 aromatic rings. The van der Waals surface area contributed by atoms with Crippen molar-refractivity contribution in [2.24, 2.45) is 0 Å². The van der Waals surface area contributed by atoms with E-state index in [-0.39, 0.29) is 0 Å². The van der Waals surface area contributed by atoms with Crippen LogP contribution < -0.4 is 0 Å². The molecule has 0 radical (unpaired) electrons. The molecule has 3 heteroatoms. The lowest BCUT2D eigenvalue weighted by atomic mass is 9.73. The van der Waals surface area contributed by atoms with Gasteiger partial charge in [0.2, 0.25) is 0 Å². The number of terminal acetylenes is 1.